The summed E-state index contributed by atoms with van der Waals surface area (Å²) >= 11 is 0. The number of H-pyrrole nitrogens is 1. The number of aromatic amines is 1. The number of hydrogen-bond donors (Lipinski definition) is 2. The first-order valence-electron chi connectivity index (χ1n) is 12.9. The Morgan fingerprint density at radius 1 is 1.15 bits per heavy atom. The Labute approximate surface area is 228 Å². The zero-order valence-corrected chi connectivity index (χ0v) is 22.7. The first-order chi connectivity index (χ1) is 19.0. The molecule has 0 aliphatic heterocycles. The van der Waals surface area contributed by atoms with Gasteiger partial charge in [0.1, 0.15) is 11.6 Å². The van der Waals surface area contributed by atoms with Gasteiger partial charge in [-0.05, 0) is 62.6 Å². The molecule has 1 saturated carbocycles. The van der Waals surface area contributed by atoms with E-state index in [4.69, 9.17) is 9.84 Å². The van der Waals surface area contributed by atoms with E-state index < -0.39 is 32.2 Å². The second kappa shape index (κ2) is 10.6. The Hall–Kier alpha value is -3.87. The number of anilines is 1. The lowest BCUT2D eigenvalue weighted by atomic mass is 10.1. The highest BCUT2D eigenvalue weighted by molar-refractivity contribution is 7.92. The van der Waals surface area contributed by atoms with E-state index in [1.165, 1.54) is 18.2 Å². The molecular formula is C27H28F3N5O4S. The Bertz CT molecular complexity index is 1720. The molecule has 2 heterocycles. The maximum absolute atomic E-state index is 13.2. The predicted octanol–water partition coefficient (Wildman–Crippen LogP) is 5.66. The summed E-state index contributed by atoms with van der Waals surface area (Å²) in [4.78, 5) is 20.0. The van der Waals surface area contributed by atoms with E-state index in [1.54, 1.807) is 11.4 Å². The second-order valence-electron chi connectivity index (χ2n) is 9.79. The van der Waals surface area contributed by atoms with Gasteiger partial charge in [0.15, 0.2) is 11.3 Å². The standard InChI is InChI=1S/C27H28F3N5O4S/c1-3-13-39-22-12-11-19(34-40(37,38)20-10-6-9-18(14-20)27(28,29)30)15-21(22)24-32-26(36)23-16(2)31-25(35(23)33-24)17-7-4-5-8-17/h6,9-12,14-15,17,34H,3-5,7-8,13H2,1-2H3,(H,32,33,36). The molecule has 2 N–H and O–H groups in total. The van der Waals surface area contributed by atoms with Gasteiger partial charge in [0, 0.05) is 11.6 Å². The van der Waals surface area contributed by atoms with Crippen LogP contribution in [0.5, 0.6) is 5.75 Å². The van der Waals surface area contributed by atoms with Gasteiger partial charge in [0.25, 0.3) is 15.6 Å². The third-order valence-corrected chi connectivity index (χ3v) is 8.22. The summed E-state index contributed by atoms with van der Waals surface area (Å²) in [5, 5.41) is 4.69. The Morgan fingerprint density at radius 3 is 2.60 bits per heavy atom. The van der Waals surface area contributed by atoms with Crippen molar-refractivity contribution in [1.29, 1.82) is 0 Å². The average molecular weight is 576 g/mol. The third kappa shape index (κ3) is 5.42. The molecule has 1 fully saturated rings. The van der Waals surface area contributed by atoms with Crippen LogP contribution in [0.15, 0.2) is 52.2 Å². The van der Waals surface area contributed by atoms with Gasteiger partial charge in [-0.15, -0.1) is 5.10 Å². The van der Waals surface area contributed by atoms with E-state index in [0.29, 0.717) is 47.4 Å². The number of benzene rings is 2. The topological polar surface area (TPSA) is 118 Å². The first kappa shape index (κ1) is 27.7. The zero-order valence-electron chi connectivity index (χ0n) is 21.9. The Morgan fingerprint density at radius 2 is 1.90 bits per heavy atom. The minimum atomic E-state index is -4.70. The van der Waals surface area contributed by atoms with Gasteiger partial charge in [-0.1, -0.05) is 25.8 Å². The Balaban J connectivity index is 1.59. The van der Waals surface area contributed by atoms with Gasteiger partial charge in [-0.3, -0.25) is 9.52 Å². The molecule has 0 saturated heterocycles. The molecule has 0 radical (unpaired) electrons. The van der Waals surface area contributed by atoms with Crippen molar-refractivity contribution in [1.82, 2.24) is 19.6 Å². The van der Waals surface area contributed by atoms with Crippen LogP contribution >= 0.6 is 0 Å². The molecule has 0 amide bonds. The molecule has 4 aromatic rings. The smallest absolute Gasteiger partial charge is 0.416 e. The fourth-order valence-corrected chi connectivity index (χ4v) is 6.03. The lowest BCUT2D eigenvalue weighted by molar-refractivity contribution is -0.137. The van der Waals surface area contributed by atoms with Crippen molar-refractivity contribution >= 4 is 21.2 Å². The number of imidazole rings is 1. The number of sulfonamides is 1. The molecule has 2 aromatic heterocycles. The fraction of sp³-hybridized carbons (Fsp3) is 0.370. The molecule has 40 heavy (non-hydrogen) atoms. The highest BCUT2D eigenvalue weighted by atomic mass is 32.2. The summed E-state index contributed by atoms with van der Waals surface area (Å²) in [5.74, 6) is 1.37. The van der Waals surface area contributed by atoms with Crippen LogP contribution in [0.2, 0.25) is 0 Å². The molecule has 0 unspecified atom stereocenters. The van der Waals surface area contributed by atoms with Gasteiger partial charge in [-0.2, -0.15) is 13.2 Å². The van der Waals surface area contributed by atoms with Crippen molar-refractivity contribution in [3.63, 3.8) is 0 Å². The van der Waals surface area contributed by atoms with Crippen molar-refractivity contribution < 1.29 is 26.3 Å². The average Bonchev–Trinajstić information content (AvgIpc) is 3.55. The number of aryl methyl sites for hydroxylation is 1. The van der Waals surface area contributed by atoms with Gasteiger partial charge >= 0.3 is 6.18 Å². The number of nitrogens with one attached hydrogen (secondary N) is 2. The lowest BCUT2D eigenvalue weighted by Crippen LogP contribution is -2.17. The summed E-state index contributed by atoms with van der Waals surface area (Å²) in [6, 6.07) is 7.87. The third-order valence-electron chi connectivity index (χ3n) is 6.84. The number of nitrogens with zero attached hydrogens (tertiary/aromatic N) is 3. The highest BCUT2D eigenvalue weighted by Gasteiger charge is 2.32. The Kier molecular flexibility index (Phi) is 7.34. The van der Waals surface area contributed by atoms with Gasteiger partial charge in [-0.25, -0.2) is 17.9 Å². The summed E-state index contributed by atoms with van der Waals surface area (Å²) in [5.41, 5.74) is -0.230. The van der Waals surface area contributed by atoms with E-state index in [1.807, 2.05) is 6.92 Å². The second-order valence-corrected chi connectivity index (χ2v) is 11.5. The van der Waals surface area contributed by atoms with Gasteiger partial charge in [0.05, 0.1) is 28.3 Å². The fourth-order valence-electron chi connectivity index (χ4n) is 4.93. The largest absolute Gasteiger partial charge is 0.493 e. The molecule has 5 rings (SSSR count). The SMILES string of the molecule is CCCOc1ccc(NS(=O)(=O)c2cccc(C(F)(F)F)c2)cc1-c1nn2c(C3CCCC3)nc(C)c2c(=O)[nH]1. The number of fused-ring (bicyclic) bond motifs is 1. The van der Waals surface area contributed by atoms with E-state index in [0.717, 1.165) is 43.9 Å². The van der Waals surface area contributed by atoms with Crippen LogP contribution in [0, 0.1) is 6.92 Å². The summed E-state index contributed by atoms with van der Waals surface area (Å²) < 4.78 is 75.3. The summed E-state index contributed by atoms with van der Waals surface area (Å²) in [6.07, 6.45) is 0.0185. The maximum Gasteiger partial charge on any atom is 0.416 e. The minimum Gasteiger partial charge on any atom is -0.493 e. The number of halogens is 3. The number of hydrogen-bond acceptors (Lipinski definition) is 6. The molecule has 1 aliphatic rings. The van der Waals surface area contributed by atoms with Crippen LogP contribution < -0.4 is 15.0 Å². The number of rotatable bonds is 8. The van der Waals surface area contributed by atoms with Crippen molar-refractivity contribution in [2.75, 3.05) is 11.3 Å². The summed E-state index contributed by atoms with van der Waals surface area (Å²) in [6.45, 7) is 4.03. The lowest BCUT2D eigenvalue weighted by Gasteiger charge is -2.15. The zero-order chi connectivity index (χ0) is 28.7. The van der Waals surface area contributed by atoms with Crippen molar-refractivity contribution in [3.8, 4) is 17.1 Å². The molecule has 1 aliphatic carbocycles. The van der Waals surface area contributed by atoms with Crippen LogP contribution in [0.3, 0.4) is 0 Å². The van der Waals surface area contributed by atoms with E-state index in [-0.39, 0.29) is 17.4 Å². The van der Waals surface area contributed by atoms with Gasteiger partial charge in [0.2, 0.25) is 0 Å². The number of aromatic nitrogens is 4. The van der Waals surface area contributed by atoms with Gasteiger partial charge < -0.3 is 9.72 Å². The van der Waals surface area contributed by atoms with Crippen LogP contribution in [-0.4, -0.2) is 34.6 Å². The normalized spacial score (nSPS) is 14.6. The van der Waals surface area contributed by atoms with Crippen LogP contribution in [0.1, 0.15) is 62.0 Å². The number of alkyl halides is 3. The van der Waals surface area contributed by atoms with E-state index in [9.17, 15) is 26.4 Å². The minimum absolute atomic E-state index is 0.0526. The van der Waals surface area contributed by atoms with Crippen molar-refractivity contribution in [2.24, 2.45) is 0 Å². The first-order valence-corrected chi connectivity index (χ1v) is 14.4. The molecule has 13 heteroatoms. The molecule has 212 valence electrons. The van der Waals surface area contributed by atoms with Crippen LogP contribution in [0.25, 0.3) is 16.9 Å². The van der Waals surface area contributed by atoms with E-state index >= 15 is 0 Å². The van der Waals surface area contributed by atoms with Crippen LogP contribution in [-0.2, 0) is 16.2 Å². The molecule has 0 atom stereocenters. The molecule has 0 spiro atoms. The highest BCUT2D eigenvalue weighted by Crippen LogP contribution is 2.36. The molecule has 9 nitrogen and oxygen atoms in total. The predicted molar refractivity (Wildman–Crippen MR) is 143 cm³/mol. The maximum atomic E-state index is 13.2. The molecular weight excluding hydrogens is 547 g/mol. The van der Waals surface area contributed by atoms with Crippen molar-refractivity contribution in [3.05, 3.63) is 69.9 Å². The number of ether oxygens (including phenoxy) is 1. The quantitative estimate of drug-likeness (QED) is 0.280. The monoisotopic (exact) mass is 575 g/mol. The molecule has 2 aromatic carbocycles. The molecule has 0 bridgehead atoms. The van der Waals surface area contributed by atoms with Crippen molar-refractivity contribution in [2.45, 2.75) is 62.9 Å². The van der Waals surface area contributed by atoms with Crippen LogP contribution in [0.4, 0.5) is 18.9 Å². The van der Waals surface area contributed by atoms with E-state index in [2.05, 4.69) is 14.7 Å². The summed E-state index contributed by atoms with van der Waals surface area (Å²) in [7, 11) is -4.38.